The van der Waals surface area contributed by atoms with Crippen LogP contribution in [0.1, 0.15) is 20.7 Å². The number of pyridine rings is 1. The average Bonchev–Trinajstić information content (AvgIpc) is 2.39. The number of nitrogens with zero attached hydrogens (tertiary/aromatic N) is 1. The molecule has 96 valence electrons. The number of carboxylic acid groups (broad SMARTS) is 1. The summed E-state index contributed by atoms with van der Waals surface area (Å²) in [5.41, 5.74) is 0.559. The first kappa shape index (κ1) is 13.0. The molecular weight excluding hydrogens is 268 g/mol. The third kappa shape index (κ3) is 3.08. The molecule has 0 aliphatic carbocycles. The Morgan fingerprint density at radius 3 is 2.63 bits per heavy atom. The third-order valence-corrected chi connectivity index (χ3v) is 2.60. The van der Waals surface area contributed by atoms with Gasteiger partial charge >= 0.3 is 5.97 Å². The van der Waals surface area contributed by atoms with Crippen LogP contribution in [0.3, 0.4) is 0 Å². The number of carbonyl (C=O) groups excluding carboxylic acids is 1. The molecule has 6 heteroatoms. The zero-order chi connectivity index (χ0) is 13.8. The number of carbonyl (C=O) groups is 2. The Kier molecular flexibility index (Phi) is 3.77. The lowest BCUT2D eigenvalue weighted by molar-refractivity contribution is 0.0698. The summed E-state index contributed by atoms with van der Waals surface area (Å²) in [6.45, 7) is 0. The molecule has 0 saturated heterocycles. The molecule has 1 aromatic heterocycles. The molecule has 0 saturated carbocycles. The van der Waals surface area contributed by atoms with E-state index in [0.29, 0.717) is 5.56 Å². The number of benzene rings is 1. The van der Waals surface area contributed by atoms with Crippen molar-refractivity contribution in [2.24, 2.45) is 0 Å². The number of carboxylic acids is 1. The van der Waals surface area contributed by atoms with E-state index in [9.17, 15) is 9.59 Å². The lowest BCUT2D eigenvalue weighted by Crippen LogP contribution is -2.14. The maximum Gasteiger partial charge on any atom is 0.337 e. The SMILES string of the molecule is O=C(Nc1ccccc1C(=O)O)c1ccnc(Cl)c1. The molecule has 0 fully saturated rings. The van der Waals surface area contributed by atoms with Crippen LogP contribution in [0.15, 0.2) is 42.6 Å². The van der Waals surface area contributed by atoms with Gasteiger partial charge in [0, 0.05) is 11.8 Å². The molecule has 2 aromatic rings. The number of amides is 1. The molecular formula is C13H9ClN2O3. The maximum absolute atomic E-state index is 12.0. The monoisotopic (exact) mass is 276 g/mol. The van der Waals surface area contributed by atoms with E-state index < -0.39 is 11.9 Å². The van der Waals surface area contributed by atoms with Gasteiger partial charge in [-0.15, -0.1) is 0 Å². The number of nitrogens with one attached hydrogen (secondary N) is 1. The summed E-state index contributed by atoms with van der Waals surface area (Å²) in [5, 5.41) is 11.7. The summed E-state index contributed by atoms with van der Waals surface area (Å²) >= 11 is 5.69. The molecule has 0 radical (unpaired) electrons. The Morgan fingerprint density at radius 1 is 1.21 bits per heavy atom. The molecule has 1 heterocycles. The molecule has 5 nitrogen and oxygen atoms in total. The van der Waals surface area contributed by atoms with E-state index in [0.717, 1.165) is 0 Å². The van der Waals surface area contributed by atoms with Gasteiger partial charge < -0.3 is 10.4 Å². The van der Waals surface area contributed by atoms with Crippen LogP contribution >= 0.6 is 11.6 Å². The van der Waals surface area contributed by atoms with E-state index in [1.54, 1.807) is 12.1 Å². The highest BCUT2D eigenvalue weighted by atomic mass is 35.5. The minimum atomic E-state index is -1.11. The molecule has 0 bridgehead atoms. The van der Waals surface area contributed by atoms with Gasteiger partial charge in [-0.3, -0.25) is 4.79 Å². The van der Waals surface area contributed by atoms with Gasteiger partial charge in [0.2, 0.25) is 0 Å². The van der Waals surface area contributed by atoms with Crippen LogP contribution in [0.5, 0.6) is 0 Å². The van der Waals surface area contributed by atoms with E-state index in [-0.39, 0.29) is 16.4 Å². The van der Waals surface area contributed by atoms with Crippen molar-refractivity contribution in [3.05, 3.63) is 58.9 Å². The molecule has 0 unspecified atom stereocenters. The van der Waals surface area contributed by atoms with Gasteiger partial charge in [0.1, 0.15) is 5.15 Å². The predicted octanol–water partition coefficient (Wildman–Crippen LogP) is 2.69. The second-order valence-electron chi connectivity index (χ2n) is 3.67. The van der Waals surface area contributed by atoms with Crippen LogP contribution in [0, 0.1) is 0 Å². The largest absolute Gasteiger partial charge is 0.478 e. The summed E-state index contributed by atoms with van der Waals surface area (Å²) < 4.78 is 0. The number of anilines is 1. The van der Waals surface area contributed by atoms with Crippen molar-refractivity contribution < 1.29 is 14.7 Å². The zero-order valence-corrected chi connectivity index (χ0v) is 10.4. The normalized spacial score (nSPS) is 9.95. The van der Waals surface area contributed by atoms with Gasteiger partial charge in [-0.25, -0.2) is 9.78 Å². The van der Waals surface area contributed by atoms with Crippen molar-refractivity contribution in [2.75, 3.05) is 5.32 Å². The Labute approximate surface area is 113 Å². The minimum Gasteiger partial charge on any atom is -0.478 e. The maximum atomic E-state index is 12.0. The number of hydrogen-bond acceptors (Lipinski definition) is 3. The fourth-order valence-electron chi connectivity index (χ4n) is 1.52. The zero-order valence-electron chi connectivity index (χ0n) is 9.63. The topological polar surface area (TPSA) is 79.3 Å². The molecule has 0 atom stereocenters. The van der Waals surface area contributed by atoms with Crippen molar-refractivity contribution in [1.29, 1.82) is 0 Å². The van der Waals surface area contributed by atoms with Crippen LogP contribution < -0.4 is 5.32 Å². The van der Waals surface area contributed by atoms with Crippen LogP contribution in [-0.4, -0.2) is 22.0 Å². The number of halogens is 1. The Balaban J connectivity index is 2.27. The fourth-order valence-corrected chi connectivity index (χ4v) is 1.69. The summed E-state index contributed by atoms with van der Waals surface area (Å²) in [6.07, 6.45) is 1.40. The first-order chi connectivity index (χ1) is 9.08. The molecule has 2 N–H and O–H groups in total. The highest BCUT2D eigenvalue weighted by Crippen LogP contribution is 2.16. The van der Waals surface area contributed by atoms with E-state index >= 15 is 0 Å². The van der Waals surface area contributed by atoms with Gasteiger partial charge in [0.15, 0.2) is 0 Å². The fraction of sp³-hybridized carbons (Fsp3) is 0. The third-order valence-electron chi connectivity index (χ3n) is 2.39. The van der Waals surface area contributed by atoms with Crippen molar-refractivity contribution in [3.63, 3.8) is 0 Å². The van der Waals surface area contributed by atoms with Crippen LogP contribution in [0.25, 0.3) is 0 Å². The van der Waals surface area contributed by atoms with Gasteiger partial charge in [-0.1, -0.05) is 23.7 Å². The number of aromatic carboxylic acids is 1. The first-order valence-electron chi connectivity index (χ1n) is 5.33. The first-order valence-corrected chi connectivity index (χ1v) is 5.71. The van der Waals surface area contributed by atoms with Crippen molar-refractivity contribution in [2.45, 2.75) is 0 Å². The Hall–Kier alpha value is -2.40. The van der Waals surface area contributed by atoms with Gasteiger partial charge in [0.25, 0.3) is 5.91 Å². The number of aromatic nitrogens is 1. The van der Waals surface area contributed by atoms with Crippen LogP contribution in [0.4, 0.5) is 5.69 Å². The second kappa shape index (κ2) is 5.49. The molecule has 1 aromatic carbocycles. The summed E-state index contributed by atoms with van der Waals surface area (Å²) in [7, 11) is 0. The van der Waals surface area contributed by atoms with Crippen LogP contribution in [0.2, 0.25) is 5.15 Å². The molecule has 19 heavy (non-hydrogen) atoms. The predicted molar refractivity (Wildman–Crippen MR) is 70.6 cm³/mol. The summed E-state index contributed by atoms with van der Waals surface area (Å²) in [5.74, 6) is -1.55. The van der Waals surface area contributed by atoms with Crippen molar-refractivity contribution >= 4 is 29.2 Å². The summed E-state index contributed by atoms with van der Waals surface area (Å²) in [6, 6.07) is 9.05. The van der Waals surface area contributed by atoms with Crippen LogP contribution in [-0.2, 0) is 0 Å². The lowest BCUT2D eigenvalue weighted by atomic mass is 10.1. The van der Waals surface area contributed by atoms with Crippen molar-refractivity contribution in [1.82, 2.24) is 4.98 Å². The highest BCUT2D eigenvalue weighted by Gasteiger charge is 2.13. The molecule has 0 spiro atoms. The molecule has 0 aliphatic heterocycles. The molecule has 0 aliphatic rings. The van der Waals surface area contributed by atoms with Gasteiger partial charge in [-0.05, 0) is 24.3 Å². The number of hydrogen-bond donors (Lipinski definition) is 2. The second-order valence-corrected chi connectivity index (χ2v) is 4.06. The Morgan fingerprint density at radius 2 is 1.95 bits per heavy atom. The Bertz CT molecular complexity index is 643. The summed E-state index contributed by atoms with van der Waals surface area (Å²) in [4.78, 5) is 26.7. The molecule has 1 amide bonds. The highest BCUT2D eigenvalue weighted by molar-refractivity contribution is 6.29. The minimum absolute atomic E-state index is 0.0241. The molecule has 2 rings (SSSR count). The van der Waals surface area contributed by atoms with Gasteiger partial charge in [0.05, 0.1) is 11.3 Å². The number of para-hydroxylation sites is 1. The van der Waals surface area contributed by atoms with E-state index in [1.165, 1.54) is 30.5 Å². The average molecular weight is 277 g/mol. The smallest absolute Gasteiger partial charge is 0.337 e. The van der Waals surface area contributed by atoms with Gasteiger partial charge in [-0.2, -0.15) is 0 Å². The number of rotatable bonds is 3. The van der Waals surface area contributed by atoms with E-state index in [2.05, 4.69) is 10.3 Å². The standard InChI is InChI=1S/C13H9ClN2O3/c14-11-7-8(5-6-15-11)12(17)16-10-4-2-1-3-9(10)13(18)19/h1-7H,(H,16,17)(H,18,19). The van der Waals surface area contributed by atoms with E-state index in [4.69, 9.17) is 16.7 Å². The van der Waals surface area contributed by atoms with E-state index in [1.807, 2.05) is 0 Å². The lowest BCUT2D eigenvalue weighted by Gasteiger charge is -2.08. The van der Waals surface area contributed by atoms with Crippen molar-refractivity contribution in [3.8, 4) is 0 Å². The quantitative estimate of drug-likeness (QED) is 0.845.